The van der Waals surface area contributed by atoms with Crippen LogP contribution in [0.25, 0.3) is 0 Å². The summed E-state index contributed by atoms with van der Waals surface area (Å²) in [5.74, 6) is 1.30. The predicted molar refractivity (Wildman–Crippen MR) is 59.6 cm³/mol. The Kier molecular flexibility index (Phi) is 2.95. The highest BCUT2D eigenvalue weighted by atomic mass is 79.9. The van der Waals surface area contributed by atoms with Crippen molar-refractivity contribution in [3.63, 3.8) is 0 Å². The van der Waals surface area contributed by atoms with E-state index >= 15 is 0 Å². The number of carbonyl (C=O) groups is 1. The van der Waals surface area contributed by atoms with Crippen molar-refractivity contribution in [1.82, 2.24) is 0 Å². The summed E-state index contributed by atoms with van der Waals surface area (Å²) in [6.07, 6.45) is 0.913. The molecule has 2 rings (SSSR count). The highest BCUT2D eigenvalue weighted by Crippen LogP contribution is 2.37. The third-order valence-corrected chi connectivity index (χ3v) is 3.04. The van der Waals surface area contributed by atoms with Crippen LogP contribution in [0.5, 0.6) is 11.5 Å². The highest BCUT2D eigenvalue weighted by Gasteiger charge is 2.17. The average Bonchev–Trinajstić information content (AvgIpc) is 2.27. The van der Waals surface area contributed by atoms with Crippen molar-refractivity contribution in [1.29, 1.82) is 0 Å². The zero-order valence-electron chi connectivity index (χ0n) is 8.33. The van der Waals surface area contributed by atoms with Crippen molar-refractivity contribution in [2.45, 2.75) is 12.8 Å². The van der Waals surface area contributed by atoms with Crippen LogP contribution in [-0.4, -0.2) is 19.5 Å². The SMILES string of the molecule is CC(C=O)c1cc2c(cc1Br)OCCO2. The quantitative estimate of drug-likeness (QED) is 0.775. The van der Waals surface area contributed by atoms with E-state index in [9.17, 15) is 4.79 Å². The minimum Gasteiger partial charge on any atom is -0.486 e. The van der Waals surface area contributed by atoms with E-state index in [1.54, 1.807) is 0 Å². The molecule has 1 atom stereocenters. The summed E-state index contributed by atoms with van der Waals surface area (Å²) in [7, 11) is 0. The van der Waals surface area contributed by atoms with Gasteiger partial charge >= 0.3 is 0 Å². The van der Waals surface area contributed by atoms with Crippen LogP contribution in [0.15, 0.2) is 16.6 Å². The van der Waals surface area contributed by atoms with Crippen molar-refractivity contribution in [3.8, 4) is 11.5 Å². The molecule has 0 radical (unpaired) electrons. The molecule has 0 bridgehead atoms. The Morgan fingerprint density at radius 1 is 1.33 bits per heavy atom. The Balaban J connectivity index is 2.44. The number of hydrogen-bond acceptors (Lipinski definition) is 3. The fraction of sp³-hybridized carbons (Fsp3) is 0.364. The van der Waals surface area contributed by atoms with Crippen molar-refractivity contribution in [2.24, 2.45) is 0 Å². The molecule has 1 aliphatic rings. The standard InChI is InChI=1S/C11H11BrO3/c1-7(6-13)8-4-10-11(5-9(8)12)15-3-2-14-10/h4-7H,2-3H2,1H3. The van der Waals surface area contributed by atoms with Crippen LogP contribution < -0.4 is 9.47 Å². The number of fused-ring (bicyclic) bond motifs is 1. The van der Waals surface area contributed by atoms with Gasteiger partial charge in [-0.05, 0) is 17.7 Å². The van der Waals surface area contributed by atoms with Crippen molar-refractivity contribution in [3.05, 3.63) is 22.2 Å². The van der Waals surface area contributed by atoms with E-state index in [2.05, 4.69) is 15.9 Å². The Labute approximate surface area is 96.5 Å². The van der Waals surface area contributed by atoms with Crippen molar-refractivity contribution < 1.29 is 14.3 Å². The second kappa shape index (κ2) is 4.23. The lowest BCUT2D eigenvalue weighted by Crippen LogP contribution is -2.15. The molecule has 15 heavy (non-hydrogen) atoms. The summed E-state index contributed by atoms with van der Waals surface area (Å²) in [4.78, 5) is 10.7. The van der Waals surface area contributed by atoms with Gasteiger partial charge in [0.15, 0.2) is 11.5 Å². The zero-order chi connectivity index (χ0) is 10.8. The normalized spacial score (nSPS) is 15.9. The monoisotopic (exact) mass is 270 g/mol. The predicted octanol–water partition coefficient (Wildman–Crippen LogP) is 2.52. The maximum atomic E-state index is 10.7. The molecule has 4 heteroatoms. The molecule has 3 nitrogen and oxygen atoms in total. The van der Waals surface area contributed by atoms with Crippen LogP contribution in [0.4, 0.5) is 0 Å². The summed E-state index contributed by atoms with van der Waals surface area (Å²) in [6.45, 7) is 2.98. The van der Waals surface area contributed by atoms with Gasteiger partial charge in [-0.25, -0.2) is 0 Å². The van der Waals surface area contributed by atoms with Gasteiger partial charge in [-0.3, -0.25) is 0 Å². The van der Waals surface area contributed by atoms with Crippen LogP contribution in [0.3, 0.4) is 0 Å². The topological polar surface area (TPSA) is 35.5 Å². The van der Waals surface area contributed by atoms with E-state index in [4.69, 9.17) is 9.47 Å². The van der Waals surface area contributed by atoms with Gasteiger partial charge in [0.1, 0.15) is 19.5 Å². The van der Waals surface area contributed by atoms with Gasteiger partial charge in [-0.2, -0.15) is 0 Å². The number of benzene rings is 1. The lowest BCUT2D eigenvalue weighted by molar-refractivity contribution is -0.108. The number of halogens is 1. The van der Waals surface area contributed by atoms with Crippen molar-refractivity contribution in [2.75, 3.05) is 13.2 Å². The van der Waals surface area contributed by atoms with E-state index in [0.717, 1.165) is 22.1 Å². The maximum absolute atomic E-state index is 10.7. The molecule has 1 unspecified atom stereocenters. The highest BCUT2D eigenvalue weighted by molar-refractivity contribution is 9.10. The molecule has 80 valence electrons. The largest absolute Gasteiger partial charge is 0.486 e. The summed E-state index contributed by atoms with van der Waals surface area (Å²) < 4.78 is 11.8. The number of aldehydes is 1. The molecule has 0 aromatic heterocycles. The molecule has 0 amide bonds. The van der Waals surface area contributed by atoms with Gasteiger partial charge in [0.25, 0.3) is 0 Å². The maximum Gasteiger partial charge on any atom is 0.162 e. The lowest BCUT2D eigenvalue weighted by atomic mass is 10.0. The second-order valence-electron chi connectivity index (χ2n) is 3.44. The van der Waals surface area contributed by atoms with Crippen LogP contribution in [0.2, 0.25) is 0 Å². The molecule has 0 N–H and O–H groups in total. The van der Waals surface area contributed by atoms with Crippen LogP contribution >= 0.6 is 15.9 Å². The number of ether oxygens (including phenoxy) is 2. The first-order chi connectivity index (χ1) is 7.22. The number of rotatable bonds is 2. The van der Waals surface area contributed by atoms with E-state index in [0.29, 0.717) is 19.0 Å². The minimum absolute atomic E-state index is 0.143. The number of hydrogen-bond donors (Lipinski definition) is 0. The fourth-order valence-corrected chi connectivity index (χ4v) is 2.19. The third-order valence-electron chi connectivity index (χ3n) is 2.36. The van der Waals surface area contributed by atoms with Gasteiger partial charge in [0, 0.05) is 10.4 Å². The molecule has 0 spiro atoms. The molecular weight excluding hydrogens is 260 g/mol. The lowest BCUT2D eigenvalue weighted by Gasteiger charge is -2.20. The molecule has 1 aliphatic heterocycles. The van der Waals surface area contributed by atoms with Gasteiger partial charge in [-0.1, -0.05) is 22.9 Å². The summed E-state index contributed by atoms with van der Waals surface area (Å²) in [5, 5.41) is 0. The summed E-state index contributed by atoms with van der Waals surface area (Å²) in [5.41, 5.74) is 0.925. The first-order valence-electron chi connectivity index (χ1n) is 4.76. The van der Waals surface area contributed by atoms with Crippen LogP contribution in [0.1, 0.15) is 18.4 Å². The smallest absolute Gasteiger partial charge is 0.162 e. The minimum atomic E-state index is -0.143. The van der Waals surface area contributed by atoms with E-state index in [1.807, 2.05) is 19.1 Å². The molecule has 1 aromatic rings. The van der Waals surface area contributed by atoms with Gasteiger partial charge in [0.05, 0.1) is 0 Å². The van der Waals surface area contributed by atoms with E-state index < -0.39 is 0 Å². The first-order valence-corrected chi connectivity index (χ1v) is 5.56. The molecule has 0 fully saturated rings. The molecule has 0 aliphatic carbocycles. The van der Waals surface area contributed by atoms with Gasteiger partial charge < -0.3 is 14.3 Å². The Bertz CT molecular complexity index is 390. The Morgan fingerprint density at radius 2 is 1.93 bits per heavy atom. The van der Waals surface area contributed by atoms with Crippen LogP contribution in [-0.2, 0) is 4.79 Å². The van der Waals surface area contributed by atoms with Crippen molar-refractivity contribution >= 4 is 22.2 Å². The van der Waals surface area contributed by atoms with E-state index in [-0.39, 0.29) is 5.92 Å². The number of carbonyl (C=O) groups excluding carboxylic acids is 1. The second-order valence-corrected chi connectivity index (χ2v) is 4.30. The Morgan fingerprint density at radius 3 is 2.53 bits per heavy atom. The van der Waals surface area contributed by atoms with Crippen LogP contribution in [0, 0.1) is 0 Å². The third kappa shape index (κ3) is 2.00. The van der Waals surface area contributed by atoms with Gasteiger partial charge in [-0.15, -0.1) is 0 Å². The molecule has 1 aromatic carbocycles. The Hall–Kier alpha value is -1.03. The molecule has 1 heterocycles. The van der Waals surface area contributed by atoms with Gasteiger partial charge in [0.2, 0.25) is 0 Å². The molecule has 0 saturated heterocycles. The first kappa shape index (κ1) is 10.5. The zero-order valence-corrected chi connectivity index (χ0v) is 9.91. The average molecular weight is 271 g/mol. The summed E-state index contributed by atoms with van der Waals surface area (Å²) >= 11 is 3.42. The van der Waals surface area contributed by atoms with E-state index in [1.165, 1.54) is 0 Å². The fourth-order valence-electron chi connectivity index (χ4n) is 1.50. The molecular formula is C11H11BrO3. The summed E-state index contributed by atoms with van der Waals surface area (Å²) in [6, 6.07) is 3.71. The molecule has 0 saturated carbocycles.